The van der Waals surface area contributed by atoms with Crippen LogP contribution in [0.4, 0.5) is 0 Å². The Hall–Kier alpha value is -0.260. The van der Waals surface area contributed by atoms with Crippen LogP contribution in [0.3, 0.4) is 0 Å². The van der Waals surface area contributed by atoms with Crippen molar-refractivity contribution in [3.05, 3.63) is 0 Å². The van der Waals surface area contributed by atoms with Crippen LogP contribution in [-0.2, 0) is 14.3 Å². The highest BCUT2D eigenvalue weighted by Crippen LogP contribution is 1.89. The van der Waals surface area contributed by atoms with Crippen molar-refractivity contribution >= 4 is 18.5 Å². The van der Waals surface area contributed by atoms with E-state index in [9.17, 15) is 4.79 Å². The van der Waals surface area contributed by atoms with Crippen LogP contribution in [-0.4, -0.2) is 38.7 Å². The Labute approximate surface area is 78.0 Å². The Bertz CT molecular complexity index is 128. The number of ether oxygens (including phenoxy) is 2. The van der Waals surface area contributed by atoms with Gasteiger partial charge in [0.2, 0.25) is 5.91 Å². The molecule has 12 heavy (non-hydrogen) atoms. The van der Waals surface area contributed by atoms with Gasteiger partial charge >= 0.3 is 0 Å². The molecule has 0 atom stereocenters. The van der Waals surface area contributed by atoms with Crippen molar-refractivity contribution in [2.75, 3.05) is 26.5 Å². The maximum atomic E-state index is 10.9. The summed E-state index contributed by atoms with van der Waals surface area (Å²) in [7, 11) is 3.05. The fourth-order valence-corrected chi connectivity index (χ4v) is 0.853. The van der Waals surface area contributed by atoms with Crippen LogP contribution in [0.25, 0.3) is 0 Å². The standard InChI is InChI=1S/C7H15NO3S/c1-10-7(11-2)5-8-6(9)3-4-12/h7,12H,3-5H2,1-2H3,(H,8,9). The molecule has 0 aliphatic rings. The van der Waals surface area contributed by atoms with E-state index in [1.807, 2.05) is 0 Å². The summed E-state index contributed by atoms with van der Waals surface area (Å²) in [6.45, 7) is 0.375. The van der Waals surface area contributed by atoms with Crippen molar-refractivity contribution in [1.29, 1.82) is 0 Å². The number of nitrogens with one attached hydrogen (secondary N) is 1. The zero-order valence-electron chi connectivity index (χ0n) is 7.37. The van der Waals surface area contributed by atoms with E-state index in [0.29, 0.717) is 18.7 Å². The van der Waals surface area contributed by atoms with Gasteiger partial charge in [0.25, 0.3) is 0 Å². The van der Waals surface area contributed by atoms with Gasteiger partial charge in [-0.1, -0.05) is 0 Å². The van der Waals surface area contributed by atoms with E-state index >= 15 is 0 Å². The second-order valence-corrected chi connectivity index (χ2v) is 2.63. The van der Waals surface area contributed by atoms with Crippen molar-refractivity contribution < 1.29 is 14.3 Å². The third-order valence-electron chi connectivity index (χ3n) is 1.33. The lowest BCUT2D eigenvalue weighted by Crippen LogP contribution is -2.34. The van der Waals surface area contributed by atoms with Gasteiger partial charge in [0, 0.05) is 20.6 Å². The second kappa shape index (κ2) is 7.39. The molecule has 72 valence electrons. The molecule has 0 aliphatic heterocycles. The Kier molecular flexibility index (Phi) is 7.23. The van der Waals surface area contributed by atoms with Crippen molar-refractivity contribution in [2.24, 2.45) is 0 Å². The first-order chi connectivity index (χ1) is 5.74. The Balaban J connectivity index is 3.44. The molecular weight excluding hydrogens is 178 g/mol. The van der Waals surface area contributed by atoms with Crippen LogP contribution in [0.15, 0.2) is 0 Å². The number of carbonyl (C=O) groups excluding carboxylic acids is 1. The summed E-state index contributed by atoms with van der Waals surface area (Å²) in [6.07, 6.45) is 0.0531. The van der Waals surface area contributed by atoms with Gasteiger partial charge in [-0.25, -0.2) is 0 Å². The summed E-state index contributed by atoms with van der Waals surface area (Å²) in [5.74, 6) is 0.514. The molecule has 0 heterocycles. The van der Waals surface area contributed by atoms with Crippen LogP contribution in [0.5, 0.6) is 0 Å². The highest BCUT2D eigenvalue weighted by atomic mass is 32.1. The number of hydrogen-bond donors (Lipinski definition) is 2. The minimum atomic E-state index is -0.367. The van der Waals surface area contributed by atoms with E-state index in [1.165, 1.54) is 14.2 Å². The molecule has 5 heteroatoms. The largest absolute Gasteiger partial charge is 0.354 e. The molecule has 0 bridgehead atoms. The molecule has 0 aromatic carbocycles. The van der Waals surface area contributed by atoms with Crippen LogP contribution < -0.4 is 5.32 Å². The number of carbonyl (C=O) groups is 1. The average molecular weight is 193 g/mol. The zero-order chi connectivity index (χ0) is 9.40. The van der Waals surface area contributed by atoms with Gasteiger partial charge in [-0.3, -0.25) is 4.79 Å². The summed E-state index contributed by atoms with van der Waals surface area (Å²) in [5.41, 5.74) is 0. The van der Waals surface area contributed by atoms with Gasteiger partial charge < -0.3 is 14.8 Å². The maximum absolute atomic E-state index is 10.9. The molecule has 0 fully saturated rings. The molecule has 0 aromatic rings. The predicted molar refractivity (Wildman–Crippen MR) is 49.3 cm³/mol. The first-order valence-electron chi connectivity index (χ1n) is 3.67. The topological polar surface area (TPSA) is 47.6 Å². The van der Waals surface area contributed by atoms with Crippen molar-refractivity contribution in [2.45, 2.75) is 12.7 Å². The summed E-state index contributed by atoms with van der Waals surface area (Å²) in [4.78, 5) is 10.9. The normalized spacial score (nSPS) is 10.3. The fourth-order valence-electron chi connectivity index (χ4n) is 0.650. The van der Waals surface area contributed by atoms with Crippen LogP contribution in [0.1, 0.15) is 6.42 Å². The van der Waals surface area contributed by atoms with Gasteiger partial charge in [0.15, 0.2) is 6.29 Å². The molecule has 0 spiro atoms. The van der Waals surface area contributed by atoms with Gasteiger partial charge in [-0.2, -0.15) is 12.6 Å². The zero-order valence-corrected chi connectivity index (χ0v) is 8.27. The number of hydrogen-bond acceptors (Lipinski definition) is 4. The summed E-state index contributed by atoms with van der Waals surface area (Å²) in [5, 5.41) is 2.65. The summed E-state index contributed by atoms with van der Waals surface area (Å²) >= 11 is 3.93. The van der Waals surface area contributed by atoms with E-state index in [-0.39, 0.29) is 12.2 Å². The average Bonchev–Trinajstić information content (AvgIpc) is 2.07. The second-order valence-electron chi connectivity index (χ2n) is 2.18. The molecule has 0 rings (SSSR count). The van der Waals surface area contributed by atoms with E-state index < -0.39 is 0 Å². The highest BCUT2D eigenvalue weighted by molar-refractivity contribution is 7.80. The third kappa shape index (κ3) is 5.40. The minimum absolute atomic E-state index is 0.0379. The van der Waals surface area contributed by atoms with Crippen molar-refractivity contribution in [1.82, 2.24) is 5.32 Å². The van der Waals surface area contributed by atoms with Crippen molar-refractivity contribution in [3.63, 3.8) is 0 Å². The van der Waals surface area contributed by atoms with Crippen LogP contribution in [0, 0.1) is 0 Å². The van der Waals surface area contributed by atoms with E-state index in [1.54, 1.807) is 0 Å². The molecule has 0 aromatic heterocycles. The number of amides is 1. The first kappa shape index (κ1) is 11.7. The SMILES string of the molecule is COC(CNC(=O)CCS)OC. The predicted octanol–water partition coefficient (Wildman–Crippen LogP) is 0.0414. The molecule has 4 nitrogen and oxygen atoms in total. The van der Waals surface area contributed by atoms with E-state index in [0.717, 1.165) is 0 Å². The number of methoxy groups -OCH3 is 2. The smallest absolute Gasteiger partial charge is 0.220 e. The highest BCUT2D eigenvalue weighted by Gasteiger charge is 2.06. The first-order valence-corrected chi connectivity index (χ1v) is 4.31. The van der Waals surface area contributed by atoms with Crippen molar-refractivity contribution in [3.8, 4) is 0 Å². The lowest BCUT2D eigenvalue weighted by molar-refractivity contribution is -0.127. The van der Waals surface area contributed by atoms with Crippen LogP contribution in [0.2, 0.25) is 0 Å². The lowest BCUT2D eigenvalue weighted by Gasteiger charge is -2.13. The van der Waals surface area contributed by atoms with Gasteiger partial charge in [0.1, 0.15) is 0 Å². The van der Waals surface area contributed by atoms with E-state index in [2.05, 4.69) is 17.9 Å². The van der Waals surface area contributed by atoms with E-state index in [4.69, 9.17) is 9.47 Å². The lowest BCUT2D eigenvalue weighted by atomic mass is 10.4. The third-order valence-corrected chi connectivity index (χ3v) is 1.55. The molecular formula is C7H15NO3S. The molecule has 1 amide bonds. The number of rotatable bonds is 6. The van der Waals surface area contributed by atoms with Crippen LogP contribution >= 0.6 is 12.6 Å². The van der Waals surface area contributed by atoms with Gasteiger partial charge in [0.05, 0.1) is 6.54 Å². The Morgan fingerprint density at radius 1 is 1.50 bits per heavy atom. The fraction of sp³-hybridized carbons (Fsp3) is 0.857. The molecule has 0 saturated heterocycles. The summed E-state index contributed by atoms with van der Waals surface area (Å²) in [6, 6.07) is 0. The quantitative estimate of drug-likeness (QED) is 0.462. The molecule has 1 N–H and O–H groups in total. The molecule has 0 unspecified atom stereocenters. The Morgan fingerprint density at radius 3 is 2.50 bits per heavy atom. The van der Waals surface area contributed by atoms with Gasteiger partial charge in [-0.15, -0.1) is 0 Å². The summed E-state index contributed by atoms with van der Waals surface area (Å²) < 4.78 is 9.74. The minimum Gasteiger partial charge on any atom is -0.354 e. The molecule has 0 saturated carbocycles. The Morgan fingerprint density at radius 2 is 2.08 bits per heavy atom. The maximum Gasteiger partial charge on any atom is 0.220 e. The monoisotopic (exact) mass is 193 g/mol. The van der Waals surface area contributed by atoms with Gasteiger partial charge in [-0.05, 0) is 5.75 Å². The number of thiol groups is 1. The molecule has 0 radical (unpaired) electrons. The molecule has 0 aliphatic carbocycles.